The fourth-order valence-electron chi connectivity index (χ4n) is 3.47. The van der Waals surface area contributed by atoms with Crippen LogP contribution >= 0.6 is 0 Å². The average Bonchev–Trinajstić information content (AvgIpc) is 3.31. The topological polar surface area (TPSA) is 112 Å². The van der Waals surface area contributed by atoms with Crippen molar-refractivity contribution in [2.45, 2.75) is 25.3 Å². The summed E-state index contributed by atoms with van der Waals surface area (Å²) in [6, 6.07) is 12.2. The van der Waals surface area contributed by atoms with Gasteiger partial charge < -0.3 is 14.7 Å². The molecule has 2 aromatic carbocycles. The minimum absolute atomic E-state index is 0.0138. The van der Waals surface area contributed by atoms with Gasteiger partial charge in [0, 0.05) is 30.4 Å². The molecule has 0 saturated heterocycles. The Morgan fingerprint density at radius 1 is 1.30 bits per heavy atom. The summed E-state index contributed by atoms with van der Waals surface area (Å²) < 4.78 is 19.1. The number of nitriles is 1. The zero-order valence-electron chi connectivity index (χ0n) is 16.0. The zero-order chi connectivity index (χ0) is 21.3. The normalized spacial score (nSPS) is 13.1. The number of Topliss-reactive ketones (excluding diaryl/α,β-unsaturated/α-hetero) is 1. The summed E-state index contributed by atoms with van der Waals surface area (Å²) in [6.45, 7) is 1.30. The third-order valence-corrected chi connectivity index (χ3v) is 4.85. The molecular weight excluding hydrogens is 387 g/mol. The monoisotopic (exact) mass is 404 g/mol. The van der Waals surface area contributed by atoms with Crippen LogP contribution in [0.3, 0.4) is 0 Å². The van der Waals surface area contributed by atoms with Crippen molar-refractivity contribution >= 4 is 33.7 Å². The van der Waals surface area contributed by atoms with Gasteiger partial charge in [-0.05, 0) is 35.9 Å². The lowest BCUT2D eigenvalue weighted by atomic mass is 9.93. The highest BCUT2D eigenvalue weighted by molar-refractivity contribution is 5.96. The molecule has 4 aromatic rings. The van der Waals surface area contributed by atoms with Crippen LogP contribution in [0.2, 0.25) is 0 Å². The van der Waals surface area contributed by atoms with Crippen molar-refractivity contribution in [2.24, 2.45) is 0 Å². The predicted octanol–water partition coefficient (Wildman–Crippen LogP) is 3.37. The minimum atomic E-state index is -1.28. The number of oxazole rings is 1. The van der Waals surface area contributed by atoms with E-state index in [1.807, 2.05) is 6.07 Å². The first kappa shape index (κ1) is 19.3. The highest BCUT2D eigenvalue weighted by Gasteiger charge is 2.33. The van der Waals surface area contributed by atoms with Crippen molar-refractivity contribution < 1.29 is 18.4 Å². The van der Waals surface area contributed by atoms with Crippen LogP contribution in [0.5, 0.6) is 0 Å². The maximum absolute atomic E-state index is 13.5. The number of amides is 1. The van der Waals surface area contributed by atoms with Crippen LogP contribution in [-0.2, 0) is 16.0 Å². The van der Waals surface area contributed by atoms with Gasteiger partial charge in [0.2, 0.25) is 11.8 Å². The number of rotatable bonds is 6. The molecule has 2 N–H and O–H groups in total. The maximum atomic E-state index is 13.5. The first-order chi connectivity index (χ1) is 14.5. The van der Waals surface area contributed by atoms with Gasteiger partial charge in [-0.15, -0.1) is 0 Å². The Hall–Kier alpha value is -3.99. The van der Waals surface area contributed by atoms with Gasteiger partial charge in [-0.1, -0.05) is 12.1 Å². The molecule has 0 aliphatic heterocycles. The van der Waals surface area contributed by atoms with E-state index in [-0.39, 0.29) is 18.1 Å². The van der Waals surface area contributed by atoms with Gasteiger partial charge in [0.15, 0.2) is 17.3 Å². The van der Waals surface area contributed by atoms with E-state index in [9.17, 15) is 19.2 Å². The Morgan fingerprint density at radius 3 is 2.83 bits per heavy atom. The Balaban J connectivity index is 1.67. The number of fused-ring (bicyclic) bond motifs is 2. The summed E-state index contributed by atoms with van der Waals surface area (Å²) in [5.41, 5.74) is 2.30. The number of aromatic amines is 1. The Morgan fingerprint density at radius 2 is 2.10 bits per heavy atom. The molecule has 8 heteroatoms. The molecule has 0 radical (unpaired) electrons. The summed E-state index contributed by atoms with van der Waals surface area (Å²) in [7, 11) is 0. The van der Waals surface area contributed by atoms with E-state index in [0.717, 1.165) is 5.39 Å². The average molecular weight is 404 g/mol. The molecule has 2 unspecified atom stereocenters. The Kier molecular flexibility index (Phi) is 5.02. The van der Waals surface area contributed by atoms with E-state index in [1.54, 1.807) is 36.5 Å². The number of hydrogen-bond acceptors (Lipinski definition) is 5. The van der Waals surface area contributed by atoms with Gasteiger partial charge in [0.05, 0.1) is 12.1 Å². The molecule has 0 saturated carbocycles. The first-order valence-electron chi connectivity index (χ1n) is 9.27. The highest BCUT2D eigenvalue weighted by Crippen LogP contribution is 2.25. The highest BCUT2D eigenvalue weighted by atomic mass is 19.1. The number of ketones is 1. The number of aromatic nitrogens is 2. The van der Waals surface area contributed by atoms with E-state index >= 15 is 0 Å². The van der Waals surface area contributed by atoms with Gasteiger partial charge in [0.1, 0.15) is 11.3 Å². The largest absolute Gasteiger partial charge is 0.439 e. The van der Waals surface area contributed by atoms with Crippen molar-refractivity contribution in [1.82, 2.24) is 15.3 Å². The van der Waals surface area contributed by atoms with E-state index in [1.165, 1.54) is 19.1 Å². The van der Waals surface area contributed by atoms with Crippen molar-refractivity contribution in [3.63, 3.8) is 0 Å². The van der Waals surface area contributed by atoms with Gasteiger partial charge in [-0.2, -0.15) is 5.26 Å². The standard InChI is InChI=1S/C22H17FN4O3/c1-12(28)26-19(8-13-11-25-18-9-14(23)6-7-15(13)18)21(29)16(10-24)22-27-17-4-2-3-5-20(17)30-22/h2-7,9,11,16,19,25H,8H2,1H3,(H,26,28). The number of benzene rings is 2. The lowest BCUT2D eigenvalue weighted by molar-refractivity contribution is -0.127. The molecule has 2 aromatic heterocycles. The molecule has 0 aliphatic carbocycles. The van der Waals surface area contributed by atoms with Crippen LogP contribution in [0, 0.1) is 17.1 Å². The zero-order valence-corrected chi connectivity index (χ0v) is 16.0. The molecule has 150 valence electrons. The van der Waals surface area contributed by atoms with E-state index < -0.39 is 23.7 Å². The van der Waals surface area contributed by atoms with Crippen LogP contribution in [0.4, 0.5) is 4.39 Å². The second kappa shape index (κ2) is 7.79. The van der Waals surface area contributed by atoms with E-state index in [0.29, 0.717) is 22.2 Å². The molecule has 7 nitrogen and oxygen atoms in total. The van der Waals surface area contributed by atoms with Gasteiger partial charge in [-0.3, -0.25) is 9.59 Å². The lowest BCUT2D eigenvalue weighted by Gasteiger charge is -2.18. The van der Waals surface area contributed by atoms with Crippen LogP contribution in [0.15, 0.2) is 53.1 Å². The molecule has 0 spiro atoms. The van der Waals surface area contributed by atoms with E-state index in [4.69, 9.17) is 4.42 Å². The number of nitrogens with zero attached hydrogens (tertiary/aromatic N) is 2. The molecule has 1 amide bonds. The second-order valence-corrected chi connectivity index (χ2v) is 6.95. The van der Waals surface area contributed by atoms with Crippen LogP contribution in [0.1, 0.15) is 24.3 Å². The third-order valence-electron chi connectivity index (χ3n) is 4.85. The number of carbonyl (C=O) groups excluding carboxylic acids is 2. The fraction of sp³-hybridized carbons (Fsp3) is 0.182. The van der Waals surface area contributed by atoms with Crippen molar-refractivity contribution in [1.29, 1.82) is 5.26 Å². The van der Waals surface area contributed by atoms with Crippen LogP contribution in [-0.4, -0.2) is 27.7 Å². The quantitative estimate of drug-likeness (QED) is 0.512. The SMILES string of the molecule is CC(=O)NC(Cc1c[nH]c2cc(F)ccc12)C(=O)C(C#N)c1nc2ccccc2o1. The molecule has 2 atom stereocenters. The Bertz CT molecular complexity index is 1270. The van der Waals surface area contributed by atoms with Crippen molar-refractivity contribution in [3.8, 4) is 6.07 Å². The summed E-state index contributed by atoms with van der Waals surface area (Å²) in [5, 5.41) is 13.0. The number of halogens is 1. The van der Waals surface area contributed by atoms with Crippen LogP contribution in [0.25, 0.3) is 22.0 Å². The molecule has 30 heavy (non-hydrogen) atoms. The third kappa shape index (κ3) is 3.65. The molecule has 0 aliphatic rings. The van der Waals surface area contributed by atoms with Crippen molar-refractivity contribution in [3.05, 3.63) is 65.9 Å². The van der Waals surface area contributed by atoms with Gasteiger partial charge >= 0.3 is 0 Å². The minimum Gasteiger partial charge on any atom is -0.439 e. The lowest BCUT2D eigenvalue weighted by Crippen LogP contribution is -2.43. The molecule has 4 rings (SSSR count). The number of hydrogen-bond donors (Lipinski definition) is 2. The van der Waals surface area contributed by atoms with Gasteiger partial charge in [-0.25, -0.2) is 9.37 Å². The number of H-pyrrole nitrogens is 1. The molecule has 0 fully saturated rings. The predicted molar refractivity (Wildman–Crippen MR) is 107 cm³/mol. The first-order valence-corrected chi connectivity index (χ1v) is 9.27. The number of carbonyl (C=O) groups is 2. The molecule has 0 bridgehead atoms. The Labute approximate surface area is 170 Å². The maximum Gasteiger partial charge on any atom is 0.220 e. The number of nitrogens with one attached hydrogen (secondary N) is 2. The fourth-order valence-corrected chi connectivity index (χ4v) is 3.47. The number of para-hydroxylation sites is 2. The van der Waals surface area contributed by atoms with Crippen LogP contribution < -0.4 is 5.32 Å². The van der Waals surface area contributed by atoms with Crippen molar-refractivity contribution in [2.75, 3.05) is 0 Å². The summed E-state index contributed by atoms with van der Waals surface area (Å²) in [5.74, 6) is -2.62. The van der Waals surface area contributed by atoms with E-state index in [2.05, 4.69) is 15.3 Å². The summed E-state index contributed by atoms with van der Waals surface area (Å²) >= 11 is 0. The molecular formula is C22H17FN4O3. The summed E-state index contributed by atoms with van der Waals surface area (Å²) in [6.07, 6.45) is 1.79. The smallest absolute Gasteiger partial charge is 0.220 e. The summed E-state index contributed by atoms with van der Waals surface area (Å²) in [4.78, 5) is 32.1. The molecule has 2 heterocycles. The van der Waals surface area contributed by atoms with Gasteiger partial charge in [0.25, 0.3) is 0 Å². The second-order valence-electron chi connectivity index (χ2n) is 6.95.